The molecule has 0 aliphatic carbocycles. The number of hydrogen-bond donors (Lipinski definition) is 1. The van der Waals surface area contributed by atoms with E-state index in [-0.39, 0.29) is 0 Å². The first-order valence-corrected chi connectivity index (χ1v) is 7.46. The fourth-order valence-corrected chi connectivity index (χ4v) is 3.02. The molecule has 0 saturated carbocycles. The molecule has 0 amide bonds. The summed E-state index contributed by atoms with van der Waals surface area (Å²) < 4.78 is 2.02. The Labute approximate surface area is 120 Å². The first-order chi connectivity index (χ1) is 9.67. The molecule has 2 aromatic rings. The summed E-state index contributed by atoms with van der Waals surface area (Å²) in [5.74, 6) is 1.11. The number of nitrogens with one attached hydrogen (secondary N) is 1. The standard InChI is InChI=1S/C15H23N5/c1-4-20-10-13(12(3)18-20)9-19-7-5-6-14(19)15-16-8-11(2)17-15/h8,10,14H,4-7,9H2,1-3H3,(H,16,17)/t14-/m0/s1. The minimum Gasteiger partial charge on any atom is -0.345 e. The number of rotatable bonds is 4. The third-order valence-corrected chi connectivity index (χ3v) is 4.15. The van der Waals surface area contributed by atoms with E-state index < -0.39 is 0 Å². The molecule has 2 aromatic heterocycles. The zero-order chi connectivity index (χ0) is 14.1. The van der Waals surface area contributed by atoms with E-state index in [1.165, 1.54) is 18.4 Å². The van der Waals surface area contributed by atoms with Gasteiger partial charge in [0.05, 0.1) is 11.7 Å². The average molecular weight is 273 g/mol. The van der Waals surface area contributed by atoms with E-state index in [9.17, 15) is 0 Å². The zero-order valence-electron chi connectivity index (χ0n) is 12.6. The topological polar surface area (TPSA) is 49.7 Å². The minimum atomic E-state index is 0.424. The smallest absolute Gasteiger partial charge is 0.123 e. The summed E-state index contributed by atoms with van der Waals surface area (Å²) in [4.78, 5) is 10.4. The summed E-state index contributed by atoms with van der Waals surface area (Å²) in [6.45, 7) is 9.33. The van der Waals surface area contributed by atoms with Crippen molar-refractivity contribution in [2.24, 2.45) is 0 Å². The summed E-state index contributed by atoms with van der Waals surface area (Å²) in [5, 5.41) is 4.54. The Morgan fingerprint density at radius 2 is 2.25 bits per heavy atom. The fourth-order valence-electron chi connectivity index (χ4n) is 3.02. The second-order valence-corrected chi connectivity index (χ2v) is 5.68. The molecule has 1 saturated heterocycles. The number of aromatic amines is 1. The van der Waals surface area contributed by atoms with Crippen LogP contribution in [-0.4, -0.2) is 31.2 Å². The number of likely N-dealkylation sites (tertiary alicyclic amines) is 1. The highest BCUT2D eigenvalue weighted by Crippen LogP contribution is 2.31. The molecule has 0 radical (unpaired) electrons. The monoisotopic (exact) mass is 273 g/mol. The minimum absolute atomic E-state index is 0.424. The largest absolute Gasteiger partial charge is 0.345 e. The fraction of sp³-hybridized carbons (Fsp3) is 0.600. The Kier molecular flexibility index (Phi) is 3.61. The number of imidazole rings is 1. The highest BCUT2D eigenvalue weighted by Gasteiger charge is 2.28. The molecular formula is C15H23N5. The van der Waals surface area contributed by atoms with E-state index in [0.29, 0.717) is 6.04 Å². The predicted molar refractivity (Wildman–Crippen MR) is 78.3 cm³/mol. The van der Waals surface area contributed by atoms with Gasteiger partial charge in [0.15, 0.2) is 0 Å². The van der Waals surface area contributed by atoms with Gasteiger partial charge in [-0.05, 0) is 40.2 Å². The average Bonchev–Trinajstić information content (AvgIpc) is 3.11. The van der Waals surface area contributed by atoms with Crippen LogP contribution in [0.25, 0.3) is 0 Å². The van der Waals surface area contributed by atoms with Crippen molar-refractivity contribution in [3.05, 3.63) is 35.2 Å². The van der Waals surface area contributed by atoms with Gasteiger partial charge in [0.1, 0.15) is 5.82 Å². The van der Waals surface area contributed by atoms with Crippen LogP contribution < -0.4 is 0 Å². The van der Waals surface area contributed by atoms with Crippen molar-refractivity contribution in [3.63, 3.8) is 0 Å². The summed E-state index contributed by atoms with van der Waals surface area (Å²) >= 11 is 0. The summed E-state index contributed by atoms with van der Waals surface area (Å²) in [6.07, 6.45) is 6.53. The van der Waals surface area contributed by atoms with Gasteiger partial charge in [-0.15, -0.1) is 0 Å². The van der Waals surface area contributed by atoms with Crippen LogP contribution in [-0.2, 0) is 13.1 Å². The third kappa shape index (κ3) is 2.50. The van der Waals surface area contributed by atoms with Crippen LogP contribution in [0.1, 0.15) is 48.6 Å². The lowest BCUT2D eigenvalue weighted by molar-refractivity contribution is 0.240. The van der Waals surface area contributed by atoms with Gasteiger partial charge in [0, 0.05) is 36.7 Å². The zero-order valence-corrected chi connectivity index (χ0v) is 12.6. The maximum atomic E-state index is 4.54. The van der Waals surface area contributed by atoms with Gasteiger partial charge < -0.3 is 4.98 Å². The van der Waals surface area contributed by atoms with Crippen LogP contribution >= 0.6 is 0 Å². The van der Waals surface area contributed by atoms with E-state index in [4.69, 9.17) is 0 Å². The number of H-pyrrole nitrogens is 1. The first-order valence-electron chi connectivity index (χ1n) is 7.46. The molecule has 108 valence electrons. The molecule has 1 aliphatic heterocycles. The van der Waals surface area contributed by atoms with Crippen LogP contribution in [0.2, 0.25) is 0 Å². The molecule has 0 bridgehead atoms. The quantitative estimate of drug-likeness (QED) is 0.931. The van der Waals surface area contributed by atoms with Gasteiger partial charge in [-0.2, -0.15) is 5.10 Å². The molecule has 20 heavy (non-hydrogen) atoms. The van der Waals surface area contributed by atoms with Crippen LogP contribution in [0.5, 0.6) is 0 Å². The Balaban J connectivity index is 1.77. The third-order valence-electron chi connectivity index (χ3n) is 4.15. The van der Waals surface area contributed by atoms with Gasteiger partial charge >= 0.3 is 0 Å². The molecule has 3 heterocycles. The van der Waals surface area contributed by atoms with Crippen molar-refractivity contribution in [1.29, 1.82) is 0 Å². The normalized spacial score (nSPS) is 19.9. The van der Waals surface area contributed by atoms with E-state index in [1.54, 1.807) is 0 Å². The number of aromatic nitrogens is 4. The Bertz CT molecular complexity index is 583. The number of aryl methyl sites for hydroxylation is 3. The molecule has 3 rings (SSSR count). The maximum absolute atomic E-state index is 4.54. The van der Waals surface area contributed by atoms with Crippen molar-refractivity contribution in [2.75, 3.05) is 6.54 Å². The van der Waals surface area contributed by atoms with Crippen LogP contribution in [0.4, 0.5) is 0 Å². The molecule has 1 N–H and O–H groups in total. The van der Waals surface area contributed by atoms with Gasteiger partial charge in [0.2, 0.25) is 0 Å². The lowest BCUT2D eigenvalue weighted by Gasteiger charge is -2.22. The molecule has 0 unspecified atom stereocenters. The van der Waals surface area contributed by atoms with E-state index >= 15 is 0 Å². The highest BCUT2D eigenvalue weighted by molar-refractivity contribution is 5.16. The molecule has 5 heteroatoms. The molecule has 0 spiro atoms. The van der Waals surface area contributed by atoms with E-state index in [1.807, 2.05) is 10.9 Å². The predicted octanol–water partition coefficient (Wildman–Crippen LogP) is 2.58. The summed E-state index contributed by atoms with van der Waals surface area (Å²) in [6, 6.07) is 0.424. The first kappa shape index (κ1) is 13.4. The van der Waals surface area contributed by atoms with Crippen molar-refractivity contribution in [3.8, 4) is 0 Å². The second-order valence-electron chi connectivity index (χ2n) is 5.68. The summed E-state index contributed by atoms with van der Waals surface area (Å²) in [5.41, 5.74) is 3.62. The van der Waals surface area contributed by atoms with Crippen molar-refractivity contribution >= 4 is 0 Å². The SMILES string of the molecule is CCn1cc(CN2CCC[C@H]2c2ncc(C)[nH]2)c(C)n1. The van der Waals surface area contributed by atoms with Crippen molar-refractivity contribution < 1.29 is 0 Å². The van der Waals surface area contributed by atoms with E-state index in [0.717, 1.165) is 36.8 Å². The van der Waals surface area contributed by atoms with E-state index in [2.05, 4.69) is 46.9 Å². The van der Waals surface area contributed by atoms with Gasteiger partial charge in [-0.1, -0.05) is 0 Å². The molecule has 5 nitrogen and oxygen atoms in total. The molecule has 0 aromatic carbocycles. The van der Waals surface area contributed by atoms with Crippen LogP contribution in [0.3, 0.4) is 0 Å². The second kappa shape index (κ2) is 5.40. The highest BCUT2D eigenvalue weighted by atomic mass is 15.3. The number of hydrogen-bond acceptors (Lipinski definition) is 3. The lowest BCUT2D eigenvalue weighted by Crippen LogP contribution is -2.23. The Morgan fingerprint density at radius 3 is 2.90 bits per heavy atom. The Hall–Kier alpha value is -1.62. The lowest BCUT2D eigenvalue weighted by atomic mass is 10.2. The van der Waals surface area contributed by atoms with Crippen molar-refractivity contribution in [2.45, 2.75) is 52.7 Å². The van der Waals surface area contributed by atoms with Gasteiger partial charge in [0.25, 0.3) is 0 Å². The molecule has 1 aliphatic rings. The maximum Gasteiger partial charge on any atom is 0.123 e. The van der Waals surface area contributed by atoms with Gasteiger partial charge in [-0.25, -0.2) is 4.98 Å². The number of nitrogens with zero attached hydrogens (tertiary/aromatic N) is 4. The van der Waals surface area contributed by atoms with Crippen molar-refractivity contribution in [1.82, 2.24) is 24.6 Å². The molecule has 1 atom stereocenters. The molecular weight excluding hydrogens is 250 g/mol. The van der Waals surface area contributed by atoms with Gasteiger partial charge in [-0.3, -0.25) is 9.58 Å². The van der Waals surface area contributed by atoms with Crippen LogP contribution in [0, 0.1) is 13.8 Å². The summed E-state index contributed by atoms with van der Waals surface area (Å²) in [7, 11) is 0. The Morgan fingerprint density at radius 1 is 1.40 bits per heavy atom. The molecule has 1 fully saturated rings. The van der Waals surface area contributed by atoms with Crippen LogP contribution in [0.15, 0.2) is 12.4 Å².